The molecule has 9 heteroatoms. The second-order valence-corrected chi connectivity index (χ2v) is 17.8. The Balaban J connectivity index is 4.17. The van der Waals surface area contributed by atoms with Crippen LogP contribution in [0, 0.1) is 0 Å². The largest absolute Gasteiger partial charge is 0.756 e. The van der Waals surface area contributed by atoms with Crippen LogP contribution in [0.15, 0.2) is 0 Å². The molecule has 8 nitrogen and oxygen atoms in total. The molecule has 0 N–H and O–H groups in total. The predicted molar refractivity (Wildman–Crippen MR) is 218 cm³/mol. The van der Waals surface area contributed by atoms with Crippen molar-refractivity contribution in [2.45, 2.75) is 219 Å². The smallest absolute Gasteiger partial charge is 0.306 e. The maximum absolute atomic E-state index is 12.7. The summed E-state index contributed by atoms with van der Waals surface area (Å²) < 4.78 is 34.6. The van der Waals surface area contributed by atoms with Crippen molar-refractivity contribution in [3.63, 3.8) is 0 Å². The third-order valence-corrected chi connectivity index (χ3v) is 10.9. The van der Waals surface area contributed by atoms with E-state index in [0.717, 1.165) is 32.1 Å². The SMILES string of the molecule is CCCCCCCCCCCCCCCCCCCC(=O)OC(COCCCCCCCCCCCCCCC)COP(=O)([O-])OCC[N+](C)(C)C. The number of phosphoric ester groups is 1. The van der Waals surface area contributed by atoms with E-state index in [9.17, 15) is 14.3 Å². The summed E-state index contributed by atoms with van der Waals surface area (Å²) in [4.78, 5) is 25.0. The second kappa shape index (κ2) is 37.4. The molecule has 0 bridgehead atoms. The van der Waals surface area contributed by atoms with Gasteiger partial charge in [-0.2, -0.15) is 0 Å². The van der Waals surface area contributed by atoms with Gasteiger partial charge < -0.3 is 27.9 Å². The molecule has 2 unspecified atom stereocenters. The monoisotopic (exact) mass is 762 g/mol. The van der Waals surface area contributed by atoms with Crippen molar-refractivity contribution in [2.24, 2.45) is 0 Å². The molecule has 0 aromatic heterocycles. The van der Waals surface area contributed by atoms with Crippen LogP contribution in [-0.2, 0) is 27.9 Å². The van der Waals surface area contributed by atoms with Crippen LogP contribution in [0.4, 0.5) is 0 Å². The zero-order valence-corrected chi connectivity index (χ0v) is 36.2. The molecule has 0 aromatic rings. The zero-order valence-electron chi connectivity index (χ0n) is 35.3. The molecule has 52 heavy (non-hydrogen) atoms. The number of ether oxygens (including phenoxy) is 2. The van der Waals surface area contributed by atoms with Gasteiger partial charge in [0.2, 0.25) is 0 Å². The number of carbonyl (C=O) groups is 1. The van der Waals surface area contributed by atoms with E-state index in [1.165, 1.54) is 161 Å². The highest BCUT2D eigenvalue weighted by molar-refractivity contribution is 7.45. The first kappa shape index (κ1) is 51.5. The number of carbonyl (C=O) groups excluding carboxylic acids is 1. The Labute approximate surface area is 323 Å². The van der Waals surface area contributed by atoms with Crippen molar-refractivity contribution in [1.82, 2.24) is 0 Å². The van der Waals surface area contributed by atoms with Gasteiger partial charge in [-0.1, -0.05) is 194 Å². The summed E-state index contributed by atoms with van der Waals surface area (Å²) in [5.74, 6) is -0.328. The molecule has 0 saturated heterocycles. The van der Waals surface area contributed by atoms with Gasteiger partial charge in [-0.25, -0.2) is 0 Å². The second-order valence-electron chi connectivity index (χ2n) is 16.4. The number of nitrogens with zero attached hydrogens (tertiary/aromatic N) is 1. The van der Waals surface area contributed by atoms with Gasteiger partial charge in [0.15, 0.2) is 0 Å². The number of likely N-dealkylation sites (N-methyl/N-ethyl adjacent to an activating group) is 1. The molecule has 2 atom stereocenters. The van der Waals surface area contributed by atoms with Gasteiger partial charge in [-0.15, -0.1) is 0 Å². The van der Waals surface area contributed by atoms with Crippen molar-refractivity contribution in [3.8, 4) is 0 Å². The van der Waals surface area contributed by atoms with Crippen LogP contribution in [-0.4, -0.2) is 70.7 Å². The molecule has 0 rings (SSSR count). The van der Waals surface area contributed by atoms with E-state index in [1.54, 1.807) is 0 Å². The summed E-state index contributed by atoms with van der Waals surface area (Å²) >= 11 is 0. The summed E-state index contributed by atoms with van der Waals surface area (Å²) in [7, 11) is 1.37. The molecule has 312 valence electrons. The van der Waals surface area contributed by atoms with E-state index >= 15 is 0 Å². The predicted octanol–water partition coefficient (Wildman–Crippen LogP) is 12.3. The fourth-order valence-corrected chi connectivity index (χ4v) is 7.16. The van der Waals surface area contributed by atoms with Gasteiger partial charge in [0.1, 0.15) is 19.3 Å². The fourth-order valence-electron chi connectivity index (χ4n) is 6.43. The number of hydrogen-bond acceptors (Lipinski definition) is 7. The van der Waals surface area contributed by atoms with Gasteiger partial charge in [-0.05, 0) is 12.8 Å². The Kier molecular flexibility index (Phi) is 37.1. The zero-order chi connectivity index (χ0) is 38.4. The summed E-state index contributed by atoms with van der Waals surface area (Å²) in [5.41, 5.74) is 0. The molecular weight excluding hydrogens is 673 g/mol. The van der Waals surface area contributed by atoms with Gasteiger partial charge >= 0.3 is 5.97 Å². The van der Waals surface area contributed by atoms with Crippen LogP contribution < -0.4 is 4.89 Å². The molecular formula is C43H88NO7P. The third-order valence-electron chi connectivity index (χ3n) is 9.91. The minimum Gasteiger partial charge on any atom is -0.756 e. The van der Waals surface area contributed by atoms with E-state index in [4.69, 9.17) is 18.5 Å². The van der Waals surface area contributed by atoms with E-state index in [1.807, 2.05) is 21.1 Å². The summed E-state index contributed by atoms with van der Waals surface area (Å²) in [6.07, 6.45) is 38.2. The molecule has 0 aliphatic carbocycles. The maximum atomic E-state index is 12.7. The minimum absolute atomic E-state index is 0.0313. The molecule has 0 spiro atoms. The van der Waals surface area contributed by atoms with Crippen molar-refractivity contribution >= 4 is 13.8 Å². The summed E-state index contributed by atoms with van der Waals surface area (Å²) in [5, 5.41) is 0. The highest BCUT2D eigenvalue weighted by atomic mass is 31.2. The highest BCUT2D eigenvalue weighted by Gasteiger charge is 2.20. The van der Waals surface area contributed by atoms with Gasteiger partial charge in [-0.3, -0.25) is 9.36 Å². The Morgan fingerprint density at radius 2 is 0.885 bits per heavy atom. The number of hydrogen-bond donors (Lipinski definition) is 0. The molecule has 0 aromatic carbocycles. The maximum Gasteiger partial charge on any atom is 0.306 e. The molecule has 0 radical (unpaired) electrons. The number of rotatable bonds is 42. The average Bonchev–Trinajstić information content (AvgIpc) is 3.09. The Morgan fingerprint density at radius 1 is 0.519 bits per heavy atom. The van der Waals surface area contributed by atoms with Crippen LogP contribution in [0.2, 0.25) is 0 Å². The minimum atomic E-state index is -4.51. The van der Waals surface area contributed by atoms with Crippen LogP contribution in [0.3, 0.4) is 0 Å². The van der Waals surface area contributed by atoms with Gasteiger partial charge in [0, 0.05) is 13.0 Å². The molecule has 0 saturated carbocycles. The topological polar surface area (TPSA) is 94.1 Å². The van der Waals surface area contributed by atoms with Crippen molar-refractivity contribution in [1.29, 1.82) is 0 Å². The van der Waals surface area contributed by atoms with Crippen molar-refractivity contribution in [2.75, 3.05) is 54.1 Å². The van der Waals surface area contributed by atoms with Crippen molar-refractivity contribution in [3.05, 3.63) is 0 Å². The number of esters is 1. The molecule has 0 aliphatic heterocycles. The van der Waals surface area contributed by atoms with E-state index in [-0.39, 0.29) is 25.8 Å². The lowest BCUT2D eigenvalue weighted by Gasteiger charge is -2.28. The number of phosphoric acid groups is 1. The Bertz CT molecular complexity index is 807. The molecule has 0 amide bonds. The summed E-state index contributed by atoms with van der Waals surface area (Å²) in [6, 6.07) is 0. The fraction of sp³-hybridized carbons (Fsp3) is 0.977. The molecule has 0 aliphatic rings. The van der Waals surface area contributed by atoms with Crippen molar-refractivity contribution < 1.29 is 37.3 Å². The van der Waals surface area contributed by atoms with Gasteiger partial charge in [0.05, 0.1) is 34.4 Å². The Hall–Kier alpha value is -0.500. The van der Waals surface area contributed by atoms with Crippen LogP contribution in [0.1, 0.15) is 213 Å². The van der Waals surface area contributed by atoms with Crippen LogP contribution in [0.25, 0.3) is 0 Å². The van der Waals surface area contributed by atoms with E-state index in [0.29, 0.717) is 24.1 Å². The number of unbranched alkanes of at least 4 members (excludes halogenated alkanes) is 28. The quantitative estimate of drug-likeness (QED) is 0.0264. The normalized spacial score (nSPS) is 13.7. The first-order valence-corrected chi connectivity index (χ1v) is 23.7. The first-order valence-electron chi connectivity index (χ1n) is 22.3. The Morgan fingerprint density at radius 3 is 1.27 bits per heavy atom. The third kappa shape index (κ3) is 40.7. The van der Waals surface area contributed by atoms with Crippen LogP contribution in [0.5, 0.6) is 0 Å². The lowest BCUT2D eigenvalue weighted by molar-refractivity contribution is -0.870. The lowest BCUT2D eigenvalue weighted by atomic mass is 10.0. The molecule has 0 heterocycles. The average molecular weight is 762 g/mol. The lowest BCUT2D eigenvalue weighted by Crippen LogP contribution is -2.37. The summed E-state index contributed by atoms with van der Waals surface area (Å²) in [6.45, 7) is 5.47. The van der Waals surface area contributed by atoms with E-state index in [2.05, 4.69) is 13.8 Å². The molecule has 0 fully saturated rings. The number of quaternary nitrogens is 1. The van der Waals surface area contributed by atoms with Crippen LogP contribution >= 0.6 is 7.82 Å². The highest BCUT2D eigenvalue weighted by Crippen LogP contribution is 2.38. The first-order chi connectivity index (χ1) is 25.1. The standard InChI is InChI=1S/C43H88NO7P/c1-6-8-10-12-14-16-18-20-21-22-23-24-26-28-30-32-34-36-43(45)51-42(41-50-52(46,47)49-39-37-44(3,4)5)40-48-38-35-33-31-29-27-25-19-17-15-13-11-9-7-2/h42H,6-41H2,1-5H3. The van der Waals surface area contributed by atoms with Gasteiger partial charge in [0.25, 0.3) is 7.82 Å². The van der Waals surface area contributed by atoms with E-state index < -0.39 is 13.9 Å².